The summed E-state index contributed by atoms with van der Waals surface area (Å²) in [5, 5.41) is 8.14. The summed E-state index contributed by atoms with van der Waals surface area (Å²) in [6.45, 7) is 3.83. The molecule has 0 saturated heterocycles. The first-order valence-corrected chi connectivity index (χ1v) is 10.1. The molecule has 2 aromatic carbocycles. The van der Waals surface area contributed by atoms with Crippen LogP contribution in [0.1, 0.15) is 32.6 Å². The quantitative estimate of drug-likeness (QED) is 0.460. The molecule has 0 fully saturated rings. The molecule has 0 spiro atoms. The number of hydrogen-bond acceptors (Lipinski definition) is 5. The van der Waals surface area contributed by atoms with Crippen molar-refractivity contribution in [2.75, 3.05) is 11.9 Å². The molecule has 0 unspecified atom stereocenters. The summed E-state index contributed by atoms with van der Waals surface area (Å²) in [7, 11) is 0. The molecule has 2 aromatic heterocycles. The van der Waals surface area contributed by atoms with Gasteiger partial charge in [-0.1, -0.05) is 12.1 Å². The standard InChI is InChI=1S/C22H18FN3O3S/c1-3-29-22(28)16-6-4-5-7-18(16)24-20(27)19-12-17-13(2)25-26(21(17)30-19)15-10-8-14(23)9-11-15/h4-12H,3H2,1-2H3,(H,24,27). The van der Waals surface area contributed by atoms with Crippen LogP contribution in [0.2, 0.25) is 0 Å². The van der Waals surface area contributed by atoms with Crippen molar-refractivity contribution in [3.63, 3.8) is 0 Å². The number of benzene rings is 2. The monoisotopic (exact) mass is 423 g/mol. The van der Waals surface area contributed by atoms with Gasteiger partial charge in [0, 0.05) is 5.39 Å². The first-order valence-electron chi connectivity index (χ1n) is 9.30. The van der Waals surface area contributed by atoms with E-state index >= 15 is 0 Å². The van der Waals surface area contributed by atoms with Gasteiger partial charge in [0.15, 0.2) is 0 Å². The van der Waals surface area contributed by atoms with Gasteiger partial charge in [-0.3, -0.25) is 4.79 Å². The van der Waals surface area contributed by atoms with Crippen molar-refractivity contribution in [3.8, 4) is 5.69 Å². The van der Waals surface area contributed by atoms with Gasteiger partial charge in [-0.25, -0.2) is 13.9 Å². The number of hydrogen-bond donors (Lipinski definition) is 1. The predicted octanol–water partition coefficient (Wildman–Crippen LogP) is 4.96. The van der Waals surface area contributed by atoms with Crippen LogP contribution in [0, 0.1) is 12.7 Å². The maximum absolute atomic E-state index is 13.3. The molecule has 8 heteroatoms. The normalized spacial score (nSPS) is 10.9. The van der Waals surface area contributed by atoms with E-state index in [0.717, 1.165) is 15.9 Å². The molecule has 4 rings (SSSR count). The van der Waals surface area contributed by atoms with Crippen LogP contribution in [-0.2, 0) is 4.74 Å². The van der Waals surface area contributed by atoms with Crippen molar-refractivity contribution < 1.29 is 18.7 Å². The van der Waals surface area contributed by atoms with E-state index in [9.17, 15) is 14.0 Å². The average molecular weight is 423 g/mol. The van der Waals surface area contributed by atoms with Gasteiger partial charge in [0.05, 0.1) is 34.1 Å². The van der Waals surface area contributed by atoms with Crippen LogP contribution < -0.4 is 5.32 Å². The minimum absolute atomic E-state index is 0.247. The lowest BCUT2D eigenvalue weighted by Crippen LogP contribution is -2.15. The van der Waals surface area contributed by atoms with Crippen molar-refractivity contribution in [2.45, 2.75) is 13.8 Å². The third kappa shape index (κ3) is 3.69. The number of esters is 1. The fourth-order valence-corrected chi connectivity index (χ4v) is 4.16. The van der Waals surface area contributed by atoms with E-state index in [1.165, 1.54) is 23.5 Å². The minimum atomic E-state index is -0.493. The Balaban J connectivity index is 1.66. The van der Waals surface area contributed by atoms with E-state index in [0.29, 0.717) is 21.8 Å². The van der Waals surface area contributed by atoms with E-state index in [-0.39, 0.29) is 18.3 Å². The Labute approximate surface area is 175 Å². The summed E-state index contributed by atoms with van der Waals surface area (Å²) < 4.78 is 20.0. The fraction of sp³-hybridized carbons (Fsp3) is 0.136. The van der Waals surface area contributed by atoms with Crippen molar-refractivity contribution in [1.29, 1.82) is 0 Å². The number of aryl methyl sites for hydroxylation is 1. The largest absolute Gasteiger partial charge is 0.462 e. The summed E-state index contributed by atoms with van der Waals surface area (Å²) in [6.07, 6.45) is 0. The van der Waals surface area contributed by atoms with E-state index in [2.05, 4.69) is 10.4 Å². The fourth-order valence-electron chi connectivity index (χ4n) is 3.08. The van der Waals surface area contributed by atoms with Crippen molar-refractivity contribution in [2.24, 2.45) is 0 Å². The third-order valence-corrected chi connectivity index (χ3v) is 5.62. The lowest BCUT2D eigenvalue weighted by atomic mass is 10.1. The Morgan fingerprint density at radius 1 is 1.17 bits per heavy atom. The summed E-state index contributed by atoms with van der Waals surface area (Å²) >= 11 is 1.27. The molecule has 1 amide bonds. The van der Waals surface area contributed by atoms with E-state index in [4.69, 9.17) is 4.74 Å². The number of nitrogens with one attached hydrogen (secondary N) is 1. The molecule has 30 heavy (non-hydrogen) atoms. The molecule has 0 bridgehead atoms. The second kappa shape index (κ2) is 8.08. The van der Waals surface area contributed by atoms with E-state index in [1.54, 1.807) is 54.1 Å². The molecular weight excluding hydrogens is 405 g/mol. The number of anilines is 1. The molecular formula is C22H18FN3O3S. The molecule has 0 saturated carbocycles. The van der Waals surface area contributed by atoms with Gasteiger partial charge in [0.25, 0.3) is 5.91 Å². The maximum atomic E-state index is 13.3. The molecule has 0 aliphatic carbocycles. The van der Waals surface area contributed by atoms with Crippen LogP contribution in [0.5, 0.6) is 0 Å². The lowest BCUT2D eigenvalue weighted by Gasteiger charge is -2.09. The smallest absolute Gasteiger partial charge is 0.340 e. The highest BCUT2D eigenvalue weighted by atomic mass is 32.1. The summed E-state index contributed by atoms with van der Waals surface area (Å²) in [5.74, 6) is -1.16. The number of aromatic nitrogens is 2. The Morgan fingerprint density at radius 2 is 1.90 bits per heavy atom. The summed E-state index contributed by atoms with van der Waals surface area (Å²) in [6, 6.07) is 14.5. The van der Waals surface area contributed by atoms with Crippen molar-refractivity contribution >= 4 is 39.1 Å². The van der Waals surface area contributed by atoms with Crippen molar-refractivity contribution in [3.05, 3.63) is 76.5 Å². The Hall–Kier alpha value is -3.52. The molecule has 152 valence electrons. The Morgan fingerprint density at radius 3 is 2.63 bits per heavy atom. The van der Waals surface area contributed by atoms with Crippen LogP contribution in [0.4, 0.5) is 10.1 Å². The highest BCUT2D eigenvalue weighted by Gasteiger charge is 2.19. The molecule has 0 aliphatic heterocycles. The molecule has 0 radical (unpaired) electrons. The maximum Gasteiger partial charge on any atom is 0.340 e. The minimum Gasteiger partial charge on any atom is -0.462 e. The molecule has 2 heterocycles. The number of carbonyl (C=O) groups excluding carboxylic acids is 2. The average Bonchev–Trinajstić information content (AvgIpc) is 3.30. The number of halogens is 1. The van der Waals surface area contributed by atoms with Crippen LogP contribution >= 0.6 is 11.3 Å². The SMILES string of the molecule is CCOC(=O)c1ccccc1NC(=O)c1cc2c(C)nn(-c3ccc(F)cc3)c2s1. The number of carbonyl (C=O) groups is 2. The number of rotatable bonds is 5. The number of thiophene rings is 1. The van der Waals surface area contributed by atoms with Crippen LogP contribution in [0.15, 0.2) is 54.6 Å². The zero-order valence-electron chi connectivity index (χ0n) is 16.3. The summed E-state index contributed by atoms with van der Waals surface area (Å²) in [4.78, 5) is 26.3. The third-order valence-electron chi connectivity index (χ3n) is 4.51. The van der Waals surface area contributed by atoms with Gasteiger partial charge in [-0.05, 0) is 56.3 Å². The highest BCUT2D eigenvalue weighted by Crippen LogP contribution is 2.31. The van der Waals surface area contributed by atoms with Gasteiger partial charge in [-0.15, -0.1) is 11.3 Å². The topological polar surface area (TPSA) is 73.2 Å². The lowest BCUT2D eigenvalue weighted by molar-refractivity contribution is 0.0527. The Kier molecular flexibility index (Phi) is 5.33. The zero-order chi connectivity index (χ0) is 21.3. The predicted molar refractivity (Wildman–Crippen MR) is 114 cm³/mol. The second-order valence-electron chi connectivity index (χ2n) is 6.52. The summed E-state index contributed by atoms with van der Waals surface area (Å²) in [5.41, 5.74) is 2.14. The number of ether oxygens (including phenoxy) is 1. The molecule has 0 aliphatic rings. The van der Waals surface area contributed by atoms with Gasteiger partial charge in [0.2, 0.25) is 0 Å². The molecule has 0 atom stereocenters. The van der Waals surface area contributed by atoms with Crippen LogP contribution in [0.25, 0.3) is 15.9 Å². The second-order valence-corrected chi connectivity index (χ2v) is 7.55. The first kappa shape index (κ1) is 19.8. The zero-order valence-corrected chi connectivity index (χ0v) is 17.1. The molecule has 6 nitrogen and oxygen atoms in total. The van der Waals surface area contributed by atoms with Gasteiger partial charge < -0.3 is 10.1 Å². The van der Waals surface area contributed by atoms with Crippen molar-refractivity contribution in [1.82, 2.24) is 9.78 Å². The number of fused-ring (bicyclic) bond motifs is 1. The number of nitrogens with zero attached hydrogens (tertiary/aromatic N) is 2. The highest BCUT2D eigenvalue weighted by molar-refractivity contribution is 7.20. The van der Waals surface area contributed by atoms with Gasteiger partial charge >= 0.3 is 5.97 Å². The number of amides is 1. The molecule has 1 N–H and O–H groups in total. The van der Waals surface area contributed by atoms with Gasteiger partial charge in [0.1, 0.15) is 10.6 Å². The number of para-hydroxylation sites is 1. The van der Waals surface area contributed by atoms with E-state index < -0.39 is 5.97 Å². The first-order chi connectivity index (χ1) is 14.5. The van der Waals surface area contributed by atoms with Gasteiger partial charge in [-0.2, -0.15) is 5.10 Å². The molecule has 4 aromatic rings. The van der Waals surface area contributed by atoms with E-state index in [1.807, 2.05) is 6.92 Å². The van der Waals surface area contributed by atoms with Crippen LogP contribution in [0.3, 0.4) is 0 Å². The van der Waals surface area contributed by atoms with Crippen LogP contribution in [-0.4, -0.2) is 28.3 Å². The Bertz CT molecular complexity index is 1240.